The van der Waals surface area contributed by atoms with Crippen molar-refractivity contribution in [2.75, 3.05) is 18.8 Å². The second-order valence-corrected chi connectivity index (χ2v) is 11.8. The van der Waals surface area contributed by atoms with Gasteiger partial charge < -0.3 is 20.9 Å². The zero-order valence-electron chi connectivity index (χ0n) is 21.6. The second-order valence-electron chi connectivity index (χ2n) is 11.8. The normalized spacial score (nSPS) is 30.3. The van der Waals surface area contributed by atoms with Crippen molar-refractivity contribution in [2.45, 2.75) is 69.5 Å². The third kappa shape index (κ3) is 4.51. The summed E-state index contributed by atoms with van der Waals surface area (Å²) in [6.07, 6.45) is 9.28. The summed E-state index contributed by atoms with van der Waals surface area (Å²) < 4.78 is 1.27. The largest absolute Gasteiger partial charge is 0.398 e. The summed E-state index contributed by atoms with van der Waals surface area (Å²) in [6.45, 7) is 2.60. The van der Waals surface area contributed by atoms with Gasteiger partial charge in [-0.3, -0.25) is 9.59 Å². The third-order valence-corrected chi connectivity index (χ3v) is 9.74. The van der Waals surface area contributed by atoms with Gasteiger partial charge in [-0.15, -0.1) is 0 Å². The lowest BCUT2D eigenvalue weighted by Gasteiger charge is -2.36. The molecule has 37 heavy (non-hydrogen) atoms. The van der Waals surface area contributed by atoms with Gasteiger partial charge in [0, 0.05) is 46.6 Å². The lowest BCUT2D eigenvalue weighted by atomic mass is 9.80. The number of nitrogen functional groups attached to an aromatic ring is 1. The Balaban J connectivity index is 1.23. The van der Waals surface area contributed by atoms with Crippen LogP contribution in [0.5, 0.6) is 0 Å². The molecule has 1 saturated carbocycles. The highest BCUT2D eigenvalue weighted by Gasteiger charge is 2.66. The summed E-state index contributed by atoms with van der Waals surface area (Å²) in [5.74, 6) is -0.201. The summed E-state index contributed by atoms with van der Waals surface area (Å²) in [7, 11) is 0. The summed E-state index contributed by atoms with van der Waals surface area (Å²) >= 11 is 0. The number of carbonyl (C=O) groups excluding carboxylic acids is 2. The average molecular weight is 500 g/mol. The predicted molar refractivity (Wildman–Crippen MR) is 147 cm³/mol. The lowest BCUT2D eigenvalue weighted by molar-refractivity contribution is -0.874. The van der Waals surface area contributed by atoms with Crippen LogP contribution in [0.25, 0.3) is 10.9 Å². The van der Waals surface area contributed by atoms with Crippen LogP contribution in [0, 0.1) is 11.8 Å². The maximum absolute atomic E-state index is 13.9. The van der Waals surface area contributed by atoms with E-state index in [-0.39, 0.29) is 23.4 Å². The quantitative estimate of drug-likeness (QED) is 0.191. The SMILES string of the molecule is Nc1ccccc1C(=O)C1CCCC([N+]23CCC2C3)CCC(C(=O)C(N)Cc2c[nH]c3ccccc23)C1. The smallest absolute Gasteiger partial charge is 0.168 e. The number of quaternary nitrogens is 1. The number of nitrogens with one attached hydrogen (secondary N) is 1. The Hall–Kier alpha value is -2.96. The number of anilines is 1. The minimum atomic E-state index is -0.578. The fraction of sp³-hybridized carbons (Fsp3) is 0.484. The number of nitrogens with two attached hydrogens (primary N) is 2. The molecule has 2 saturated heterocycles. The van der Waals surface area contributed by atoms with Crippen molar-refractivity contribution >= 4 is 28.2 Å². The Bertz CT molecular complexity index is 1310. The van der Waals surface area contributed by atoms with Gasteiger partial charge in [-0.25, -0.2) is 0 Å². The Morgan fingerprint density at radius 1 is 0.946 bits per heavy atom. The van der Waals surface area contributed by atoms with Crippen LogP contribution < -0.4 is 11.5 Å². The highest BCUT2D eigenvalue weighted by atomic mass is 16.1. The highest BCUT2D eigenvalue weighted by molar-refractivity contribution is 6.02. The molecule has 0 spiro atoms. The topological polar surface area (TPSA) is 102 Å². The monoisotopic (exact) mass is 499 g/mol. The van der Waals surface area contributed by atoms with E-state index < -0.39 is 6.04 Å². The molecule has 194 valence electrons. The van der Waals surface area contributed by atoms with E-state index in [4.69, 9.17) is 11.5 Å². The van der Waals surface area contributed by atoms with Crippen molar-refractivity contribution in [1.82, 2.24) is 4.98 Å². The molecule has 6 heteroatoms. The molecular formula is C31H39N4O2+. The van der Waals surface area contributed by atoms with Crippen molar-refractivity contribution in [3.63, 3.8) is 0 Å². The maximum atomic E-state index is 13.9. The van der Waals surface area contributed by atoms with Gasteiger partial charge in [0.2, 0.25) is 0 Å². The second kappa shape index (κ2) is 9.73. The third-order valence-electron chi connectivity index (χ3n) is 9.74. The molecule has 6 nitrogen and oxygen atoms in total. The standard InChI is InChI=1S/C31H38N4O2/c32-27-10-3-1-9-26(27)30(36)20-6-5-7-23(35-15-14-24(35)19-35)13-12-21(16-20)31(37)28(33)17-22-18-34-29-11-4-2-8-25(22)29/h1-4,8-11,18,20-21,23-24,28,34H,5-7,12-17,19,33H2,(H-,32,36)/p+1. The Morgan fingerprint density at radius 3 is 2.51 bits per heavy atom. The van der Waals surface area contributed by atoms with E-state index in [1.54, 1.807) is 6.07 Å². The molecule has 6 atom stereocenters. The molecular weight excluding hydrogens is 460 g/mol. The van der Waals surface area contributed by atoms with Crippen LogP contribution in [0.4, 0.5) is 5.69 Å². The van der Waals surface area contributed by atoms with Crippen LogP contribution in [0.2, 0.25) is 0 Å². The Labute approximate surface area is 219 Å². The first-order valence-electron chi connectivity index (χ1n) is 14.1. The van der Waals surface area contributed by atoms with Gasteiger partial charge in [-0.05, 0) is 62.3 Å². The van der Waals surface area contributed by atoms with E-state index >= 15 is 0 Å². The Kier molecular flexibility index (Phi) is 6.41. The fourth-order valence-corrected chi connectivity index (χ4v) is 7.41. The minimum absolute atomic E-state index is 0.0835. The molecule has 3 fully saturated rings. The fourth-order valence-electron chi connectivity index (χ4n) is 7.41. The highest BCUT2D eigenvalue weighted by Crippen LogP contribution is 2.49. The van der Waals surface area contributed by atoms with E-state index in [9.17, 15) is 9.59 Å². The number of carbonyl (C=O) groups is 2. The summed E-state index contributed by atoms with van der Waals surface area (Å²) in [5, 5.41) is 1.12. The van der Waals surface area contributed by atoms with E-state index in [1.807, 2.05) is 42.6 Å². The number of rotatable bonds is 7. The number of hydrogen-bond acceptors (Lipinski definition) is 4. The first-order valence-corrected chi connectivity index (χ1v) is 14.1. The molecule has 6 rings (SSSR count). The van der Waals surface area contributed by atoms with Crippen LogP contribution >= 0.6 is 0 Å². The van der Waals surface area contributed by atoms with E-state index in [0.29, 0.717) is 30.1 Å². The van der Waals surface area contributed by atoms with Gasteiger partial charge >= 0.3 is 0 Å². The van der Waals surface area contributed by atoms with Crippen molar-refractivity contribution in [3.05, 3.63) is 65.9 Å². The van der Waals surface area contributed by atoms with Crippen LogP contribution in [0.1, 0.15) is 60.9 Å². The zero-order valence-corrected chi connectivity index (χ0v) is 21.6. The van der Waals surface area contributed by atoms with Gasteiger partial charge in [0.25, 0.3) is 0 Å². The van der Waals surface area contributed by atoms with Gasteiger partial charge in [-0.2, -0.15) is 0 Å². The summed E-state index contributed by atoms with van der Waals surface area (Å²) in [5.41, 5.74) is 16.1. The summed E-state index contributed by atoms with van der Waals surface area (Å²) in [6, 6.07) is 16.4. The first kappa shape index (κ1) is 24.4. The molecule has 3 aromatic rings. The van der Waals surface area contributed by atoms with Gasteiger partial charge in [0.05, 0.1) is 25.0 Å². The van der Waals surface area contributed by atoms with Crippen LogP contribution in [-0.4, -0.2) is 52.2 Å². The molecule has 3 aliphatic rings. The number of para-hydroxylation sites is 2. The van der Waals surface area contributed by atoms with Crippen molar-refractivity contribution in [3.8, 4) is 0 Å². The number of ketones is 2. The van der Waals surface area contributed by atoms with Crippen LogP contribution in [0.3, 0.4) is 0 Å². The molecule has 3 heterocycles. The number of fused-ring (bicyclic) bond motifs is 2. The van der Waals surface area contributed by atoms with Crippen molar-refractivity contribution in [1.29, 1.82) is 0 Å². The van der Waals surface area contributed by atoms with Crippen molar-refractivity contribution < 1.29 is 14.1 Å². The predicted octanol–water partition coefficient (Wildman–Crippen LogP) is 4.63. The number of nitrogens with zero attached hydrogens (tertiary/aromatic N) is 1. The zero-order chi connectivity index (χ0) is 25.6. The van der Waals surface area contributed by atoms with Gasteiger partial charge in [0.1, 0.15) is 12.6 Å². The first-order chi connectivity index (χ1) is 18.0. The number of benzene rings is 2. The molecule has 2 aromatic carbocycles. The molecule has 5 N–H and O–H groups in total. The molecule has 1 aromatic heterocycles. The molecule has 1 aliphatic carbocycles. The van der Waals surface area contributed by atoms with Gasteiger partial charge in [-0.1, -0.05) is 30.3 Å². The van der Waals surface area contributed by atoms with Crippen LogP contribution in [0.15, 0.2) is 54.7 Å². The lowest BCUT2D eigenvalue weighted by Crippen LogP contribution is -2.48. The number of hydrogen-bond donors (Lipinski definition) is 3. The van der Waals surface area contributed by atoms with E-state index in [0.717, 1.165) is 54.6 Å². The number of aromatic nitrogens is 1. The molecule has 0 amide bonds. The number of H-pyrrole nitrogens is 1. The van der Waals surface area contributed by atoms with E-state index in [2.05, 4.69) is 11.1 Å². The molecule has 6 unspecified atom stereocenters. The number of aromatic amines is 1. The number of Topliss-reactive ketones (excluding diaryl/α,β-unsaturated/α-hetero) is 2. The van der Waals surface area contributed by atoms with E-state index in [1.165, 1.54) is 24.0 Å². The average Bonchev–Trinajstić information content (AvgIpc) is 3.23. The maximum Gasteiger partial charge on any atom is 0.168 e. The summed E-state index contributed by atoms with van der Waals surface area (Å²) in [4.78, 5) is 30.8. The van der Waals surface area contributed by atoms with Crippen molar-refractivity contribution in [2.24, 2.45) is 17.6 Å². The van der Waals surface area contributed by atoms with Gasteiger partial charge in [0.15, 0.2) is 11.6 Å². The molecule has 2 aliphatic heterocycles. The molecule has 0 radical (unpaired) electrons. The Morgan fingerprint density at radius 2 is 1.76 bits per heavy atom. The minimum Gasteiger partial charge on any atom is -0.398 e. The molecule has 0 bridgehead atoms. The van der Waals surface area contributed by atoms with Crippen LogP contribution in [-0.2, 0) is 11.2 Å².